The van der Waals surface area contributed by atoms with Crippen molar-refractivity contribution < 1.29 is 27.5 Å². The SMILES string of the molecule is CC[C@@H](C)NC(=O)[C@@H](C)N(Cc1ccc(C)cc1)C(=O)CN(c1ccc(OC)cc1OC)S(C)(=O)=O. The van der Waals surface area contributed by atoms with Gasteiger partial charge < -0.3 is 19.7 Å². The molecule has 0 aliphatic carbocycles. The van der Waals surface area contributed by atoms with Crippen LogP contribution in [0.25, 0.3) is 0 Å². The molecule has 0 heterocycles. The van der Waals surface area contributed by atoms with Gasteiger partial charge in [-0.2, -0.15) is 0 Å². The van der Waals surface area contributed by atoms with Crippen LogP contribution in [0.2, 0.25) is 0 Å². The Morgan fingerprint density at radius 2 is 1.67 bits per heavy atom. The molecule has 1 N–H and O–H groups in total. The summed E-state index contributed by atoms with van der Waals surface area (Å²) in [6.07, 6.45) is 1.76. The molecule has 2 amide bonds. The van der Waals surface area contributed by atoms with E-state index in [0.717, 1.165) is 28.1 Å². The van der Waals surface area contributed by atoms with Gasteiger partial charge >= 0.3 is 0 Å². The van der Waals surface area contributed by atoms with Gasteiger partial charge in [0, 0.05) is 18.7 Å². The van der Waals surface area contributed by atoms with E-state index < -0.39 is 28.5 Å². The van der Waals surface area contributed by atoms with E-state index in [4.69, 9.17) is 9.47 Å². The lowest BCUT2D eigenvalue weighted by Crippen LogP contribution is -2.52. The molecule has 36 heavy (non-hydrogen) atoms. The molecular formula is C26H37N3O6S. The van der Waals surface area contributed by atoms with Crippen molar-refractivity contribution in [3.63, 3.8) is 0 Å². The Morgan fingerprint density at radius 3 is 2.19 bits per heavy atom. The number of aryl methyl sites for hydroxylation is 1. The highest BCUT2D eigenvalue weighted by Crippen LogP contribution is 2.33. The Bertz CT molecular complexity index is 1150. The van der Waals surface area contributed by atoms with Gasteiger partial charge in [0.1, 0.15) is 24.1 Å². The minimum atomic E-state index is -3.88. The molecule has 2 aromatic rings. The second-order valence-corrected chi connectivity index (χ2v) is 10.7. The molecule has 0 aliphatic rings. The van der Waals surface area contributed by atoms with Crippen molar-refractivity contribution in [2.24, 2.45) is 0 Å². The average molecular weight is 520 g/mol. The number of hydrogen-bond acceptors (Lipinski definition) is 6. The lowest BCUT2D eigenvalue weighted by molar-refractivity contribution is -0.139. The van der Waals surface area contributed by atoms with Gasteiger partial charge in [-0.1, -0.05) is 36.8 Å². The summed E-state index contributed by atoms with van der Waals surface area (Å²) < 4.78 is 37.1. The highest BCUT2D eigenvalue weighted by Gasteiger charge is 2.31. The quantitative estimate of drug-likeness (QED) is 0.462. The molecule has 9 nitrogen and oxygen atoms in total. The summed E-state index contributed by atoms with van der Waals surface area (Å²) in [4.78, 5) is 28.0. The van der Waals surface area contributed by atoms with E-state index in [1.165, 1.54) is 25.2 Å². The van der Waals surface area contributed by atoms with Gasteiger partial charge in [0.25, 0.3) is 0 Å². The minimum Gasteiger partial charge on any atom is -0.497 e. The molecule has 0 aliphatic heterocycles. The van der Waals surface area contributed by atoms with E-state index in [1.807, 2.05) is 45.0 Å². The number of hydrogen-bond donors (Lipinski definition) is 1. The van der Waals surface area contributed by atoms with Gasteiger partial charge in [-0.05, 0) is 44.9 Å². The van der Waals surface area contributed by atoms with Crippen LogP contribution in [0.4, 0.5) is 5.69 Å². The first-order valence-corrected chi connectivity index (χ1v) is 13.6. The molecule has 2 aromatic carbocycles. The number of nitrogens with one attached hydrogen (secondary N) is 1. The maximum atomic E-state index is 13.6. The number of carbonyl (C=O) groups is 2. The second kappa shape index (κ2) is 12.6. The number of sulfonamides is 1. The number of anilines is 1. The van der Waals surface area contributed by atoms with E-state index in [-0.39, 0.29) is 29.9 Å². The first-order valence-electron chi connectivity index (χ1n) is 11.8. The largest absolute Gasteiger partial charge is 0.497 e. The van der Waals surface area contributed by atoms with Gasteiger partial charge in [-0.15, -0.1) is 0 Å². The summed E-state index contributed by atoms with van der Waals surface area (Å²) in [6.45, 7) is 7.08. The summed E-state index contributed by atoms with van der Waals surface area (Å²) in [5.74, 6) is -0.115. The zero-order chi connectivity index (χ0) is 27.0. The summed E-state index contributed by atoms with van der Waals surface area (Å²) in [5, 5.41) is 2.91. The van der Waals surface area contributed by atoms with Gasteiger partial charge in [-0.3, -0.25) is 13.9 Å². The molecule has 2 atom stereocenters. The molecule has 0 saturated carbocycles. The molecule has 0 aromatic heterocycles. The van der Waals surface area contributed by atoms with E-state index in [0.29, 0.717) is 5.75 Å². The molecular weight excluding hydrogens is 482 g/mol. The zero-order valence-corrected chi connectivity index (χ0v) is 22.9. The smallest absolute Gasteiger partial charge is 0.244 e. The number of carbonyl (C=O) groups excluding carboxylic acids is 2. The van der Waals surface area contributed by atoms with Crippen LogP contribution in [0.1, 0.15) is 38.3 Å². The highest BCUT2D eigenvalue weighted by atomic mass is 32.2. The normalized spacial score (nSPS) is 12.9. The summed E-state index contributed by atoms with van der Waals surface area (Å²) in [7, 11) is -0.986. The van der Waals surface area contributed by atoms with Crippen molar-refractivity contribution in [3.8, 4) is 11.5 Å². The van der Waals surface area contributed by atoms with Crippen LogP contribution in [0.15, 0.2) is 42.5 Å². The Balaban J connectivity index is 2.45. The number of methoxy groups -OCH3 is 2. The summed E-state index contributed by atoms with van der Waals surface area (Å²) in [5.41, 5.74) is 2.08. The number of benzene rings is 2. The van der Waals surface area contributed by atoms with Gasteiger partial charge in [0.2, 0.25) is 21.8 Å². The second-order valence-electron chi connectivity index (χ2n) is 8.81. The van der Waals surface area contributed by atoms with E-state index in [1.54, 1.807) is 19.1 Å². The van der Waals surface area contributed by atoms with Crippen LogP contribution in [0.5, 0.6) is 11.5 Å². The minimum absolute atomic E-state index is 0.0626. The van der Waals surface area contributed by atoms with Crippen molar-refractivity contribution in [1.29, 1.82) is 0 Å². The molecule has 2 rings (SSSR count). The molecule has 0 saturated heterocycles. The third-order valence-electron chi connectivity index (χ3n) is 5.98. The van der Waals surface area contributed by atoms with E-state index in [2.05, 4.69) is 5.32 Å². The van der Waals surface area contributed by atoms with Crippen LogP contribution in [-0.4, -0.2) is 64.2 Å². The van der Waals surface area contributed by atoms with E-state index >= 15 is 0 Å². The Labute approximate surface area is 214 Å². The fourth-order valence-corrected chi connectivity index (χ4v) is 4.38. The lowest BCUT2D eigenvalue weighted by atomic mass is 10.1. The monoisotopic (exact) mass is 519 g/mol. The molecule has 0 unspecified atom stereocenters. The van der Waals surface area contributed by atoms with Gasteiger partial charge in [0.15, 0.2) is 0 Å². The highest BCUT2D eigenvalue weighted by molar-refractivity contribution is 7.92. The lowest BCUT2D eigenvalue weighted by Gasteiger charge is -2.32. The van der Waals surface area contributed by atoms with Crippen molar-refractivity contribution in [2.75, 3.05) is 31.3 Å². The van der Waals surface area contributed by atoms with Crippen molar-refractivity contribution in [3.05, 3.63) is 53.6 Å². The summed E-state index contributed by atoms with van der Waals surface area (Å²) in [6, 6.07) is 11.4. The van der Waals surface area contributed by atoms with Crippen LogP contribution in [-0.2, 0) is 26.2 Å². The zero-order valence-electron chi connectivity index (χ0n) is 22.1. The maximum absolute atomic E-state index is 13.6. The van der Waals surface area contributed by atoms with Crippen LogP contribution >= 0.6 is 0 Å². The molecule has 0 radical (unpaired) electrons. The van der Waals surface area contributed by atoms with Crippen molar-refractivity contribution in [1.82, 2.24) is 10.2 Å². The number of amides is 2. The van der Waals surface area contributed by atoms with E-state index in [9.17, 15) is 18.0 Å². The van der Waals surface area contributed by atoms with Gasteiger partial charge in [0.05, 0.1) is 26.2 Å². The first kappa shape index (κ1) is 29.0. The maximum Gasteiger partial charge on any atom is 0.244 e. The number of nitrogens with zero attached hydrogens (tertiary/aromatic N) is 2. The van der Waals surface area contributed by atoms with Crippen LogP contribution in [0, 0.1) is 6.92 Å². The molecule has 0 fully saturated rings. The third kappa shape index (κ3) is 7.61. The van der Waals surface area contributed by atoms with Gasteiger partial charge in [-0.25, -0.2) is 8.42 Å². The Kier molecular flexibility index (Phi) is 10.2. The number of rotatable bonds is 12. The fourth-order valence-electron chi connectivity index (χ4n) is 3.52. The van der Waals surface area contributed by atoms with Crippen LogP contribution in [0.3, 0.4) is 0 Å². The Hall–Kier alpha value is -3.27. The number of ether oxygens (including phenoxy) is 2. The molecule has 10 heteroatoms. The third-order valence-corrected chi connectivity index (χ3v) is 7.10. The standard InChI is InChI=1S/C26H37N3O6S/c1-8-19(3)27-26(31)20(4)28(16-21-11-9-18(2)10-12-21)25(30)17-29(36(7,32)33)23-14-13-22(34-5)15-24(23)35-6/h9-15,19-20H,8,16-17H2,1-7H3,(H,27,31)/t19-,20-/m1/s1. The van der Waals surface area contributed by atoms with Crippen molar-refractivity contribution >= 4 is 27.5 Å². The Morgan fingerprint density at radius 1 is 1.03 bits per heavy atom. The predicted octanol–water partition coefficient (Wildman–Crippen LogP) is 3.11. The van der Waals surface area contributed by atoms with Crippen LogP contribution < -0.4 is 19.1 Å². The molecule has 198 valence electrons. The average Bonchev–Trinajstić information content (AvgIpc) is 2.85. The summed E-state index contributed by atoms with van der Waals surface area (Å²) >= 11 is 0. The molecule has 0 bridgehead atoms. The topological polar surface area (TPSA) is 105 Å². The molecule has 0 spiro atoms. The fraction of sp³-hybridized carbons (Fsp3) is 0.462. The van der Waals surface area contributed by atoms with Crippen molar-refractivity contribution in [2.45, 2.75) is 52.7 Å². The first-order chi connectivity index (χ1) is 16.9. The predicted molar refractivity (Wildman–Crippen MR) is 141 cm³/mol.